The Morgan fingerprint density at radius 1 is 1.00 bits per heavy atom. The van der Waals surface area contributed by atoms with Crippen LogP contribution in [0.25, 0.3) is 0 Å². The number of cyclic esters (lactones) is 1. The maximum absolute atomic E-state index is 13.2. The molecule has 6 nitrogen and oxygen atoms in total. The second-order valence-corrected chi connectivity index (χ2v) is 5.81. The summed E-state index contributed by atoms with van der Waals surface area (Å²) in [7, 11) is 0. The molecule has 33 heavy (non-hydrogen) atoms. The number of aromatic nitrogens is 2. The highest BCUT2D eigenvalue weighted by Gasteiger charge is 2.35. The standard InChI is InChI=1S/C17H13F4N3O3.3C2H6/c18-12-3-1-10(2-4-12)13(7-14(25)24-5-6-27-16(24)26)11-8-22-15(23-9-11)17(19,20)21;3*1-2/h1-4,8-9,13H,5-7H2;3*1-2H3. The molecule has 184 valence electrons. The van der Waals surface area contributed by atoms with Crippen molar-refractivity contribution in [2.45, 2.75) is 60.1 Å². The predicted octanol–water partition coefficient (Wildman–Crippen LogP) is 6.21. The summed E-state index contributed by atoms with van der Waals surface area (Å²) in [5.41, 5.74) is 0.705. The van der Waals surface area contributed by atoms with Crippen molar-refractivity contribution >= 4 is 12.0 Å². The van der Waals surface area contributed by atoms with Crippen LogP contribution in [0.3, 0.4) is 0 Å². The summed E-state index contributed by atoms with van der Waals surface area (Å²) in [6.45, 7) is 12.2. The molecule has 1 saturated heterocycles. The lowest BCUT2D eigenvalue weighted by Crippen LogP contribution is -2.32. The third kappa shape index (κ3) is 8.78. The number of benzene rings is 1. The van der Waals surface area contributed by atoms with Crippen LogP contribution in [0.1, 0.15) is 70.8 Å². The first kappa shape index (κ1) is 30.0. The van der Waals surface area contributed by atoms with Gasteiger partial charge in [0.05, 0.1) is 6.54 Å². The van der Waals surface area contributed by atoms with E-state index in [1.807, 2.05) is 41.5 Å². The fourth-order valence-corrected chi connectivity index (χ4v) is 2.69. The Hall–Kier alpha value is -3.04. The molecule has 1 aromatic carbocycles. The quantitative estimate of drug-likeness (QED) is 0.494. The minimum Gasteiger partial charge on any atom is -0.447 e. The van der Waals surface area contributed by atoms with E-state index < -0.39 is 35.7 Å². The summed E-state index contributed by atoms with van der Waals surface area (Å²) in [5.74, 6) is -3.13. The van der Waals surface area contributed by atoms with Gasteiger partial charge in [-0.05, 0) is 23.3 Å². The summed E-state index contributed by atoms with van der Waals surface area (Å²) < 4.78 is 55.9. The number of rotatable bonds is 4. The van der Waals surface area contributed by atoms with Gasteiger partial charge in [-0.25, -0.2) is 24.1 Å². The molecule has 10 heteroatoms. The molecule has 1 aromatic heterocycles. The van der Waals surface area contributed by atoms with Crippen LogP contribution in [0.4, 0.5) is 22.4 Å². The van der Waals surface area contributed by atoms with Gasteiger partial charge in [-0.1, -0.05) is 53.7 Å². The molecule has 2 amide bonds. The van der Waals surface area contributed by atoms with Gasteiger partial charge in [0.15, 0.2) is 0 Å². The van der Waals surface area contributed by atoms with Crippen molar-refractivity contribution in [2.24, 2.45) is 0 Å². The molecule has 1 atom stereocenters. The number of carbonyl (C=O) groups excluding carboxylic acids is 2. The fourth-order valence-electron chi connectivity index (χ4n) is 2.69. The van der Waals surface area contributed by atoms with Gasteiger partial charge in [-0.3, -0.25) is 4.79 Å². The van der Waals surface area contributed by atoms with Gasteiger partial charge in [0, 0.05) is 24.7 Å². The van der Waals surface area contributed by atoms with E-state index >= 15 is 0 Å². The highest BCUT2D eigenvalue weighted by Crippen LogP contribution is 2.31. The molecule has 0 radical (unpaired) electrons. The number of imide groups is 1. The van der Waals surface area contributed by atoms with Crippen molar-refractivity contribution in [3.8, 4) is 0 Å². The molecule has 1 aliphatic rings. The van der Waals surface area contributed by atoms with E-state index in [2.05, 4.69) is 9.97 Å². The summed E-state index contributed by atoms with van der Waals surface area (Å²) in [5, 5.41) is 0. The monoisotopic (exact) mass is 473 g/mol. The third-order valence-electron chi connectivity index (χ3n) is 4.04. The topological polar surface area (TPSA) is 72.4 Å². The van der Waals surface area contributed by atoms with Gasteiger partial charge < -0.3 is 4.74 Å². The van der Waals surface area contributed by atoms with Crippen LogP contribution >= 0.6 is 0 Å². The summed E-state index contributed by atoms with van der Waals surface area (Å²) in [6, 6.07) is 5.16. The van der Waals surface area contributed by atoms with Crippen molar-refractivity contribution in [2.75, 3.05) is 13.2 Å². The van der Waals surface area contributed by atoms with Crippen LogP contribution in [-0.4, -0.2) is 40.0 Å². The third-order valence-corrected chi connectivity index (χ3v) is 4.04. The Morgan fingerprint density at radius 3 is 1.94 bits per heavy atom. The van der Waals surface area contributed by atoms with E-state index in [-0.39, 0.29) is 25.1 Å². The predicted molar refractivity (Wildman–Crippen MR) is 117 cm³/mol. The molecular weight excluding hydrogens is 442 g/mol. The zero-order chi connectivity index (χ0) is 25.6. The van der Waals surface area contributed by atoms with E-state index in [0.717, 1.165) is 17.3 Å². The van der Waals surface area contributed by atoms with E-state index in [1.165, 1.54) is 24.3 Å². The van der Waals surface area contributed by atoms with Crippen molar-refractivity contribution in [1.29, 1.82) is 0 Å². The van der Waals surface area contributed by atoms with Crippen LogP contribution < -0.4 is 0 Å². The lowest BCUT2D eigenvalue weighted by Gasteiger charge is -2.19. The Bertz CT molecular complexity index is 842. The van der Waals surface area contributed by atoms with Crippen molar-refractivity contribution in [3.63, 3.8) is 0 Å². The van der Waals surface area contributed by atoms with E-state index in [1.54, 1.807) is 0 Å². The molecule has 0 N–H and O–H groups in total. The van der Waals surface area contributed by atoms with Crippen LogP contribution in [-0.2, 0) is 15.7 Å². The number of ether oxygens (including phenoxy) is 1. The van der Waals surface area contributed by atoms with Crippen molar-refractivity contribution < 1.29 is 31.9 Å². The molecule has 3 rings (SSSR count). The second-order valence-electron chi connectivity index (χ2n) is 5.81. The van der Waals surface area contributed by atoms with E-state index in [0.29, 0.717) is 5.56 Å². The minimum atomic E-state index is -4.70. The maximum Gasteiger partial charge on any atom is 0.451 e. The van der Waals surface area contributed by atoms with Gasteiger partial charge in [0.25, 0.3) is 0 Å². The number of amides is 2. The lowest BCUT2D eigenvalue weighted by atomic mass is 9.89. The van der Waals surface area contributed by atoms with Gasteiger partial charge in [0.2, 0.25) is 11.7 Å². The normalized spacial score (nSPS) is 13.3. The molecule has 2 heterocycles. The van der Waals surface area contributed by atoms with Gasteiger partial charge in [0.1, 0.15) is 12.4 Å². The average molecular weight is 474 g/mol. The fraction of sp³-hybridized carbons (Fsp3) is 0.478. The molecule has 1 aliphatic heterocycles. The molecule has 0 spiro atoms. The molecule has 1 fully saturated rings. The number of carbonyl (C=O) groups is 2. The van der Waals surface area contributed by atoms with Crippen LogP contribution in [0.2, 0.25) is 0 Å². The highest BCUT2D eigenvalue weighted by molar-refractivity contribution is 5.93. The van der Waals surface area contributed by atoms with Crippen LogP contribution in [0.5, 0.6) is 0 Å². The summed E-state index contributed by atoms with van der Waals surface area (Å²) in [6.07, 6.45) is -3.77. The summed E-state index contributed by atoms with van der Waals surface area (Å²) >= 11 is 0. The first-order chi connectivity index (χ1) is 15.8. The van der Waals surface area contributed by atoms with E-state index in [9.17, 15) is 27.2 Å². The van der Waals surface area contributed by atoms with Crippen molar-refractivity contribution in [3.05, 3.63) is 59.4 Å². The van der Waals surface area contributed by atoms with Crippen molar-refractivity contribution in [1.82, 2.24) is 14.9 Å². The van der Waals surface area contributed by atoms with Gasteiger partial charge in [-0.2, -0.15) is 13.2 Å². The number of halogens is 4. The van der Waals surface area contributed by atoms with Gasteiger partial charge >= 0.3 is 12.3 Å². The number of hydrogen-bond donors (Lipinski definition) is 0. The Balaban J connectivity index is 0.00000158. The van der Waals surface area contributed by atoms with Crippen LogP contribution in [0, 0.1) is 5.82 Å². The molecule has 0 aliphatic carbocycles. The first-order valence-electron chi connectivity index (χ1n) is 10.9. The zero-order valence-electron chi connectivity index (χ0n) is 19.7. The second kappa shape index (κ2) is 14.9. The lowest BCUT2D eigenvalue weighted by molar-refractivity contribution is -0.145. The Labute approximate surface area is 192 Å². The van der Waals surface area contributed by atoms with E-state index in [4.69, 9.17) is 4.74 Å². The minimum absolute atomic E-state index is 0.0786. The molecule has 1 unspecified atom stereocenters. The number of nitrogens with zero attached hydrogens (tertiary/aromatic N) is 3. The number of hydrogen-bond acceptors (Lipinski definition) is 5. The summed E-state index contributed by atoms with van der Waals surface area (Å²) in [4.78, 5) is 31.5. The van der Waals surface area contributed by atoms with Gasteiger partial charge in [-0.15, -0.1) is 0 Å². The number of alkyl halides is 3. The first-order valence-corrected chi connectivity index (χ1v) is 10.9. The molecular formula is C23H31F4N3O3. The maximum atomic E-state index is 13.2. The SMILES string of the molecule is CC.CC.CC.O=C(CC(c1ccc(F)cc1)c1cnc(C(F)(F)F)nc1)N1CCOC1=O. The Morgan fingerprint density at radius 2 is 1.52 bits per heavy atom. The van der Waals surface area contributed by atoms with Crippen LogP contribution in [0.15, 0.2) is 36.7 Å². The average Bonchev–Trinajstić information content (AvgIpc) is 3.27. The molecule has 2 aromatic rings. The largest absolute Gasteiger partial charge is 0.451 e. The Kier molecular flexibility index (Phi) is 13.5. The molecule has 0 saturated carbocycles. The highest BCUT2D eigenvalue weighted by atomic mass is 19.4. The zero-order valence-corrected chi connectivity index (χ0v) is 19.7. The molecule has 0 bridgehead atoms. The smallest absolute Gasteiger partial charge is 0.447 e.